The van der Waals surface area contributed by atoms with Crippen LogP contribution in [0.15, 0.2) is 12.2 Å². The zero-order valence-corrected chi connectivity index (χ0v) is 9.43. The Hall–Kier alpha value is -1.08. The van der Waals surface area contributed by atoms with Crippen molar-refractivity contribution < 1.29 is 32.5 Å². The summed E-state index contributed by atoms with van der Waals surface area (Å²) in [4.78, 5) is 11.2. The molecule has 0 aliphatic carbocycles. The normalized spacial score (nSPS) is 35.6. The lowest BCUT2D eigenvalue weighted by Gasteiger charge is -2.33. The molecule has 0 saturated carbocycles. The molecule has 98 valence electrons. The third kappa shape index (κ3) is 1.93. The van der Waals surface area contributed by atoms with Crippen LogP contribution in [0, 0.1) is 0 Å². The number of rotatable bonds is 3. The Balaban J connectivity index is 3.00. The number of hydrogen-bond donors (Lipinski definition) is 1. The summed E-state index contributed by atoms with van der Waals surface area (Å²) in [7, 11) is 0. The largest absolute Gasteiger partial charge is 0.447 e. The summed E-state index contributed by atoms with van der Waals surface area (Å²) in [5, 5.41) is 9.25. The fourth-order valence-corrected chi connectivity index (χ4v) is 1.36. The first kappa shape index (κ1) is 14.0. The van der Waals surface area contributed by atoms with Gasteiger partial charge in [0.25, 0.3) is 5.79 Å². The highest BCUT2D eigenvalue weighted by Gasteiger charge is 2.73. The summed E-state index contributed by atoms with van der Waals surface area (Å²) in [6.45, 7) is 2.77. The smallest absolute Gasteiger partial charge is 0.343 e. The SMILES string of the molecule is C=C(C)C(=O)OC1(C)COC(O)(CF)C1(F)F. The molecule has 1 aliphatic heterocycles. The maximum Gasteiger partial charge on any atom is 0.343 e. The summed E-state index contributed by atoms with van der Waals surface area (Å²) in [6.07, 6.45) is 0. The van der Waals surface area contributed by atoms with E-state index in [0.717, 1.165) is 6.92 Å². The quantitative estimate of drug-likeness (QED) is 0.607. The molecule has 1 aliphatic rings. The average Bonchev–Trinajstić information content (AvgIpc) is 2.40. The van der Waals surface area contributed by atoms with Crippen LogP contribution < -0.4 is 0 Å². The maximum absolute atomic E-state index is 13.7. The molecule has 0 amide bonds. The molecule has 0 spiro atoms. The molecule has 0 aromatic heterocycles. The number of halogens is 3. The lowest BCUT2D eigenvalue weighted by atomic mass is 9.95. The molecule has 7 heteroatoms. The van der Waals surface area contributed by atoms with E-state index in [1.807, 2.05) is 0 Å². The molecule has 1 saturated heterocycles. The van der Waals surface area contributed by atoms with Crippen molar-refractivity contribution in [2.24, 2.45) is 0 Å². The molecular weight excluding hydrogens is 241 g/mol. The number of carbonyl (C=O) groups excluding carboxylic acids is 1. The van der Waals surface area contributed by atoms with Gasteiger partial charge in [0.05, 0.1) is 6.61 Å². The zero-order valence-electron chi connectivity index (χ0n) is 9.43. The lowest BCUT2D eigenvalue weighted by Crippen LogP contribution is -2.58. The van der Waals surface area contributed by atoms with Gasteiger partial charge in [0.1, 0.15) is 6.67 Å². The molecule has 1 N–H and O–H groups in total. The number of ether oxygens (including phenoxy) is 2. The van der Waals surface area contributed by atoms with Crippen molar-refractivity contribution in [2.45, 2.75) is 31.2 Å². The topological polar surface area (TPSA) is 55.8 Å². The zero-order chi connectivity index (χ0) is 13.5. The average molecular weight is 254 g/mol. The minimum absolute atomic E-state index is 0.0855. The second-order valence-electron chi connectivity index (χ2n) is 4.18. The van der Waals surface area contributed by atoms with Crippen LogP contribution in [0.4, 0.5) is 13.2 Å². The molecule has 2 unspecified atom stereocenters. The van der Waals surface area contributed by atoms with Crippen LogP contribution >= 0.6 is 0 Å². The van der Waals surface area contributed by atoms with E-state index in [2.05, 4.69) is 16.1 Å². The van der Waals surface area contributed by atoms with Gasteiger partial charge >= 0.3 is 11.9 Å². The van der Waals surface area contributed by atoms with E-state index in [1.54, 1.807) is 0 Å². The summed E-state index contributed by atoms with van der Waals surface area (Å²) in [5.74, 6) is -8.38. The second kappa shape index (κ2) is 3.99. The van der Waals surface area contributed by atoms with Crippen molar-refractivity contribution in [3.63, 3.8) is 0 Å². The fraction of sp³-hybridized carbons (Fsp3) is 0.700. The lowest BCUT2D eigenvalue weighted by molar-refractivity contribution is -0.297. The summed E-state index contributed by atoms with van der Waals surface area (Å²) in [5.41, 5.74) is -2.51. The number of alkyl halides is 3. The van der Waals surface area contributed by atoms with E-state index in [9.17, 15) is 23.1 Å². The van der Waals surface area contributed by atoms with Crippen molar-refractivity contribution in [2.75, 3.05) is 13.3 Å². The van der Waals surface area contributed by atoms with Crippen LogP contribution in [-0.4, -0.2) is 41.7 Å². The highest BCUT2D eigenvalue weighted by atomic mass is 19.3. The van der Waals surface area contributed by atoms with Gasteiger partial charge in [-0.1, -0.05) is 6.58 Å². The molecule has 2 atom stereocenters. The Morgan fingerprint density at radius 1 is 1.59 bits per heavy atom. The molecular formula is C10H13F3O4. The highest BCUT2D eigenvalue weighted by molar-refractivity contribution is 5.87. The van der Waals surface area contributed by atoms with Crippen LogP contribution in [0.1, 0.15) is 13.8 Å². The summed E-state index contributed by atoms with van der Waals surface area (Å²) in [6, 6.07) is 0. The van der Waals surface area contributed by atoms with Crippen LogP contribution in [0.5, 0.6) is 0 Å². The van der Waals surface area contributed by atoms with Crippen LogP contribution in [0.25, 0.3) is 0 Å². The first-order valence-corrected chi connectivity index (χ1v) is 4.78. The molecule has 1 fully saturated rings. The van der Waals surface area contributed by atoms with E-state index in [4.69, 9.17) is 0 Å². The monoisotopic (exact) mass is 254 g/mol. The summed E-state index contributed by atoms with van der Waals surface area (Å²) < 4.78 is 48.7. The molecule has 1 rings (SSSR count). The molecule has 1 heterocycles. The van der Waals surface area contributed by atoms with Crippen molar-refractivity contribution in [3.05, 3.63) is 12.2 Å². The van der Waals surface area contributed by atoms with Crippen molar-refractivity contribution in [1.29, 1.82) is 0 Å². The number of carbonyl (C=O) groups is 1. The molecule has 4 nitrogen and oxygen atoms in total. The van der Waals surface area contributed by atoms with Gasteiger partial charge in [-0.25, -0.2) is 9.18 Å². The fourth-order valence-electron chi connectivity index (χ4n) is 1.36. The first-order valence-electron chi connectivity index (χ1n) is 4.78. The third-order valence-electron chi connectivity index (χ3n) is 2.59. The van der Waals surface area contributed by atoms with Gasteiger partial charge in [-0.2, -0.15) is 8.78 Å². The molecule has 0 aromatic rings. The standard InChI is InChI=1S/C10H13F3O4/c1-6(2)7(14)17-8(3)5-16-9(15,4-11)10(8,12)13/h15H,1,4-5H2,2-3H3. The van der Waals surface area contributed by atoms with Gasteiger partial charge < -0.3 is 14.6 Å². The Morgan fingerprint density at radius 3 is 2.47 bits per heavy atom. The van der Waals surface area contributed by atoms with Crippen LogP contribution in [0.3, 0.4) is 0 Å². The van der Waals surface area contributed by atoms with Crippen LogP contribution in [0.2, 0.25) is 0 Å². The van der Waals surface area contributed by atoms with E-state index in [0.29, 0.717) is 0 Å². The van der Waals surface area contributed by atoms with Crippen molar-refractivity contribution in [1.82, 2.24) is 0 Å². The second-order valence-corrected chi connectivity index (χ2v) is 4.18. The molecule has 0 radical (unpaired) electrons. The Labute approximate surface area is 96.0 Å². The summed E-state index contributed by atoms with van der Waals surface area (Å²) >= 11 is 0. The van der Waals surface area contributed by atoms with E-state index in [1.165, 1.54) is 6.92 Å². The van der Waals surface area contributed by atoms with Gasteiger partial charge in [0.2, 0.25) is 5.60 Å². The van der Waals surface area contributed by atoms with Gasteiger partial charge in [0.15, 0.2) is 0 Å². The Morgan fingerprint density at radius 2 is 2.12 bits per heavy atom. The van der Waals surface area contributed by atoms with Gasteiger partial charge in [-0.15, -0.1) is 0 Å². The third-order valence-corrected chi connectivity index (χ3v) is 2.59. The Kier molecular flexibility index (Phi) is 3.28. The predicted molar refractivity (Wildman–Crippen MR) is 51.1 cm³/mol. The van der Waals surface area contributed by atoms with Crippen molar-refractivity contribution in [3.8, 4) is 0 Å². The van der Waals surface area contributed by atoms with Gasteiger partial charge in [-0.05, 0) is 13.8 Å². The number of esters is 1. The minimum Gasteiger partial charge on any atom is -0.447 e. The number of hydrogen-bond acceptors (Lipinski definition) is 4. The van der Waals surface area contributed by atoms with Gasteiger partial charge in [0, 0.05) is 5.57 Å². The van der Waals surface area contributed by atoms with E-state index < -0.39 is 36.6 Å². The van der Waals surface area contributed by atoms with Gasteiger partial charge in [-0.3, -0.25) is 0 Å². The maximum atomic E-state index is 13.7. The predicted octanol–water partition coefficient (Wildman–Crippen LogP) is 1.19. The van der Waals surface area contributed by atoms with E-state index >= 15 is 0 Å². The molecule has 17 heavy (non-hydrogen) atoms. The van der Waals surface area contributed by atoms with E-state index in [-0.39, 0.29) is 5.57 Å². The van der Waals surface area contributed by atoms with Crippen molar-refractivity contribution >= 4 is 5.97 Å². The number of aliphatic hydroxyl groups is 1. The Bertz CT molecular complexity index is 357. The minimum atomic E-state index is -4.06. The van der Waals surface area contributed by atoms with Crippen LogP contribution in [-0.2, 0) is 14.3 Å². The molecule has 0 aromatic carbocycles. The highest BCUT2D eigenvalue weighted by Crippen LogP contribution is 2.48. The molecule has 0 bridgehead atoms. The first-order chi connectivity index (χ1) is 7.59.